The van der Waals surface area contributed by atoms with Gasteiger partial charge >= 0.3 is 109 Å². The Bertz CT molecular complexity index is 631. The molecule has 3 rings (SSSR count). The normalized spacial score (nSPS) is 10.9. The number of rotatable bonds is 1. The van der Waals surface area contributed by atoms with Crippen LogP contribution < -0.4 is 3.52 Å². The summed E-state index contributed by atoms with van der Waals surface area (Å²) in [5.41, 5.74) is 3.58. The van der Waals surface area contributed by atoms with Crippen molar-refractivity contribution in [2.45, 2.75) is 0 Å². The van der Waals surface area contributed by atoms with Gasteiger partial charge in [0.25, 0.3) is 0 Å². The molecule has 0 aliphatic rings. The van der Waals surface area contributed by atoms with Crippen molar-refractivity contribution in [3.63, 3.8) is 0 Å². The fourth-order valence-electron chi connectivity index (χ4n) is 1.76. The van der Waals surface area contributed by atoms with Crippen LogP contribution in [0.1, 0.15) is 0 Å². The summed E-state index contributed by atoms with van der Waals surface area (Å²) in [6.45, 7) is 0. The maximum absolute atomic E-state index is 4.61. The van der Waals surface area contributed by atoms with Crippen molar-refractivity contribution >= 4 is 25.1 Å². The molecule has 0 saturated carbocycles. The zero-order chi connectivity index (χ0) is 11.0. The van der Waals surface area contributed by atoms with Gasteiger partial charge in [-0.2, -0.15) is 0 Å². The molecule has 2 aromatic carbocycles. The van der Waals surface area contributed by atoms with Crippen molar-refractivity contribution in [3.05, 3.63) is 48.5 Å². The van der Waals surface area contributed by atoms with Crippen LogP contribution in [-0.2, 0) is 18.9 Å². The van der Waals surface area contributed by atoms with Crippen molar-refractivity contribution < 1.29 is 18.9 Å². The standard InChI is InChI=1S/C13H8NS.Ir/c1-2-5-10(6-3-1)11-7-4-8-12-13(11)14-9-15-12;/h1-8H;. The number of nitrogens with zero attached hydrogens (tertiary/aromatic N) is 1. The molecule has 16 heavy (non-hydrogen) atoms. The predicted octanol–water partition coefficient (Wildman–Crippen LogP) is 3.14. The van der Waals surface area contributed by atoms with Gasteiger partial charge < -0.3 is 0 Å². The molecule has 0 saturated heterocycles. The number of benzene rings is 2. The Morgan fingerprint density at radius 3 is 2.56 bits per heavy atom. The van der Waals surface area contributed by atoms with Crippen LogP contribution in [0.2, 0.25) is 0 Å². The van der Waals surface area contributed by atoms with Crippen LogP contribution in [0, 0.1) is 0 Å². The first-order chi connectivity index (χ1) is 7.84. The number of hydrogen-bond acceptors (Lipinski definition) is 2. The molecule has 80 valence electrons. The van der Waals surface area contributed by atoms with Gasteiger partial charge in [-0.05, 0) is 0 Å². The van der Waals surface area contributed by atoms with E-state index in [2.05, 4.69) is 66.3 Å². The molecule has 1 nitrogen and oxygen atoms in total. The van der Waals surface area contributed by atoms with E-state index in [1.54, 1.807) is 11.3 Å². The molecule has 0 spiro atoms. The second kappa shape index (κ2) is 4.10. The number of para-hydroxylation sites is 1. The van der Waals surface area contributed by atoms with Crippen molar-refractivity contribution in [1.82, 2.24) is 4.98 Å². The molecule has 3 aromatic rings. The van der Waals surface area contributed by atoms with E-state index in [0.29, 0.717) is 0 Å². The van der Waals surface area contributed by atoms with E-state index in [-0.39, 0.29) is 0 Å². The van der Waals surface area contributed by atoms with Crippen LogP contribution in [-0.4, -0.2) is 4.98 Å². The summed E-state index contributed by atoms with van der Waals surface area (Å²) >= 11 is 3.80. The van der Waals surface area contributed by atoms with Gasteiger partial charge in [0.15, 0.2) is 0 Å². The Morgan fingerprint density at radius 2 is 1.75 bits per heavy atom. The maximum atomic E-state index is 4.61. The van der Waals surface area contributed by atoms with Crippen LogP contribution in [0.4, 0.5) is 0 Å². The average molecular weight is 402 g/mol. The molecule has 0 amide bonds. The fraction of sp³-hybridized carbons (Fsp3) is 0. The van der Waals surface area contributed by atoms with E-state index in [4.69, 9.17) is 0 Å². The van der Waals surface area contributed by atoms with E-state index < -0.39 is 0 Å². The van der Waals surface area contributed by atoms with Crippen molar-refractivity contribution in [2.75, 3.05) is 0 Å². The summed E-state index contributed by atoms with van der Waals surface area (Å²) in [4.78, 5) is 4.61. The van der Waals surface area contributed by atoms with Crippen molar-refractivity contribution in [2.24, 2.45) is 0 Å². The third kappa shape index (κ3) is 1.71. The molecular weight excluding hydrogens is 394 g/mol. The predicted molar refractivity (Wildman–Crippen MR) is 64.7 cm³/mol. The first-order valence-electron chi connectivity index (χ1n) is 4.93. The first-order valence-corrected chi connectivity index (χ1v) is 6.94. The van der Waals surface area contributed by atoms with Gasteiger partial charge in [-0.1, -0.05) is 0 Å². The Morgan fingerprint density at radius 1 is 0.938 bits per heavy atom. The summed E-state index contributed by atoms with van der Waals surface area (Å²) in [5.74, 6) is 0. The fourth-order valence-corrected chi connectivity index (χ4v) is 3.53. The molecule has 0 aliphatic heterocycles. The summed E-state index contributed by atoms with van der Waals surface area (Å²) in [5, 5.41) is 0. The number of hydrogen-bond donors (Lipinski definition) is 0. The van der Waals surface area contributed by atoms with E-state index in [1.165, 1.54) is 15.8 Å². The van der Waals surface area contributed by atoms with Crippen molar-refractivity contribution in [3.8, 4) is 11.1 Å². The van der Waals surface area contributed by atoms with E-state index in [9.17, 15) is 0 Å². The van der Waals surface area contributed by atoms with Gasteiger partial charge in [0.2, 0.25) is 0 Å². The number of fused-ring (bicyclic) bond motifs is 1. The molecule has 0 fully saturated rings. The third-order valence-corrected chi connectivity index (χ3v) is 4.27. The van der Waals surface area contributed by atoms with Gasteiger partial charge in [0, 0.05) is 0 Å². The van der Waals surface area contributed by atoms with Gasteiger partial charge in [-0.3, -0.25) is 0 Å². The Kier molecular flexibility index (Phi) is 2.60. The molecule has 0 unspecified atom stereocenters. The molecule has 0 atom stereocenters. The quantitative estimate of drug-likeness (QED) is 0.610. The van der Waals surface area contributed by atoms with Gasteiger partial charge in [0.1, 0.15) is 0 Å². The Balaban J connectivity index is 2.31. The van der Waals surface area contributed by atoms with Crippen molar-refractivity contribution in [1.29, 1.82) is 0 Å². The molecule has 1 aromatic heterocycles. The van der Waals surface area contributed by atoms with Gasteiger partial charge in [-0.25, -0.2) is 0 Å². The first kappa shape index (κ1) is 10.2. The minimum atomic E-state index is 1.12. The number of thiazole rings is 1. The van der Waals surface area contributed by atoms with E-state index in [1.807, 2.05) is 6.07 Å². The Labute approximate surface area is 108 Å². The summed E-state index contributed by atoms with van der Waals surface area (Å²) in [6.07, 6.45) is 0. The van der Waals surface area contributed by atoms with Crippen LogP contribution in [0.25, 0.3) is 21.3 Å². The molecule has 0 aliphatic carbocycles. The topological polar surface area (TPSA) is 12.9 Å². The SMILES string of the molecule is [Ir][c]1nc2c(-c3ccccc3)cccc2s1. The summed E-state index contributed by atoms with van der Waals surface area (Å²) in [7, 11) is 0. The van der Waals surface area contributed by atoms with Gasteiger partial charge in [0.05, 0.1) is 0 Å². The van der Waals surface area contributed by atoms with Crippen LogP contribution >= 0.6 is 11.3 Å². The van der Waals surface area contributed by atoms with Gasteiger partial charge in [-0.15, -0.1) is 0 Å². The summed E-state index contributed by atoms with van der Waals surface area (Å²) in [6, 6.07) is 16.8. The van der Waals surface area contributed by atoms with Crippen LogP contribution in [0.5, 0.6) is 0 Å². The van der Waals surface area contributed by atoms with E-state index >= 15 is 0 Å². The molecular formula is C13H8IrNS. The molecule has 1 heterocycles. The minimum absolute atomic E-state index is 1.12. The Hall–Kier alpha value is -1.02. The zero-order valence-corrected chi connectivity index (χ0v) is 11.5. The third-order valence-electron chi connectivity index (χ3n) is 2.47. The molecule has 0 bridgehead atoms. The van der Waals surface area contributed by atoms with Crippen LogP contribution in [0.3, 0.4) is 0 Å². The molecule has 0 radical (unpaired) electrons. The second-order valence-corrected chi connectivity index (χ2v) is 6.43. The van der Waals surface area contributed by atoms with Crippen LogP contribution in [0.15, 0.2) is 48.5 Å². The number of aromatic nitrogens is 1. The van der Waals surface area contributed by atoms with E-state index in [0.717, 1.165) is 9.04 Å². The molecule has 3 heteroatoms. The second-order valence-electron chi connectivity index (χ2n) is 3.47. The monoisotopic (exact) mass is 403 g/mol. The summed E-state index contributed by atoms with van der Waals surface area (Å²) < 4.78 is 2.39. The molecule has 0 N–H and O–H groups in total. The zero-order valence-electron chi connectivity index (χ0n) is 8.31. The average Bonchev–Trinajstić information content (AvgIpc) is 2.70.